The zero-order valence-corrected chi connectivity index (χ0v) is 16.1. The second-order valence-electron chi connectivity index (χ2n) is 5.79. The van der Waals surface area contributed by atoms with E-state index in [-0.39, 0.29) is 11.5 Å². The van der Waals surface area contributed by atoms with Crippen molar-refractivity contribution < 1.29 is 14.3 Å². The predicted octanol–water partition coefficient (Wildman–Crippen LogP) is 4.07. The Morgan fingerprint density at radius 1 is 1.11 bits per heavy atom. The van der Waals surface area contributed by atoms with Gasteiger partial charge in [-0.15, -0.1) is 5.10 Å². The number of thioether (sulfide) groups is 1. The van der Waals surface area contributed by atoms with E-state index in [1.165, 1.54) is 11.8 Å². The van der Waals surface area contributed by atoms with E-state index in [9.17, 15) is 4.79 Å². The lowest BCUT2D eigenvalue weighted by atomic mass is 10.1. The zero-order chi connectivity index (χ0) is 19.1. The Morgan fingerprint density at radius 3 is 2.63 bits per heavy atom. The van der Waals surface area contributed by atoms with Gasteiger partial charge in [-0.3, -0.25) is 9.89 Å². The third-order valence-electron chi connectivity index (χ3n) is 3.79. The molecule has 27 heavy (non-hydrogen) atoms. The number of Topliss-reactive ketones (excluding diaryl/α,β-unsaturated/α-hetero) is 1. The lowest BCUT2D eigenvalue weighted by Crippen LogP contribution is -2.03. The molecule has 2 aromatic carbocycles. The highest BCUT2D eigenvalue weighted by molar-refractivity contribution is 7.99. The summed E-state index contributed by atoms with van der Waals surface area (Å²) in [5.74, 6) is 2.48. The van der Waals surface area contributed by atoms with Gasteiger partial charge in [0.1, 0.15) is 18.1 Å². The number of benzene rings is 2. The normalized spacial score (nSPS) is 10.6. The fourth-order valence-corrected chi connectivity index (χ4v) is 3.10. The number of ketones is 1. The number of carbonyl (C=O) groups excluding carboxylic acids is 1. The number of aromatic amines is 1. The van der Waals surface area contributed by atoms with Gasteiger partial charge < -0.3 is 9.47 Å². The van der Waals surface area contributed by atoms with Crippen LogP contribution in [0.5, 0.6) is 11.5 Å². The van der Waals surface area contributed by atoms with E-state index in [1.807, 2.05) is 38.1 Å². The van der Waals surface area contributed by atoms with Gasteiger partial charge in [0, 0.05) is 5.56 Å². The lowest BCUT2D eigenvalue weighted by Gasteiger charge is -2.06. The van der Waals surface area contributed by atoms with Crippen LogP contribution in [0.1, 0.15) is 28.7 Å². The van der Waals surface area contributed by atoms with Gasteiger partial charge in [0.2, 0.25) is 5.16 Å². The van der Waals surface area contributed by atoms with Crippen molar-refractivity contribution in [3.05, 3.63) is 65.5 Å². The van der Waals surface area contributed by atoms with Crippen LogP contribution in [-0.4, -0.2) is 33.3 Å². The van der Waals surface area contributed by atoms with Crippen molar-refractivity contribution in [2.45, 2.75) is 25.6 Å². The van der Waals surface area contributed by atoms with Gasteiger partial charge in [0.15, 0.2) is 11.6 Å². The molecule has 1 N–H and O–H groups in total. The number of H-pyrrole nitrogens is 1. The molecule has 140 valence electrons. The van der Waals surface area contributed by atoms with Gasteiger partial charge in [-0.25, -0.2) is 4.98 Å². The molecule has 0 saturated carbocycles. The maximum Gasteiger partial charge on any atom is 0.208 e. The topological polar surface area (TPSA) is 77.1 Å². The SMILES string of the molecule is CCOc1ccc(C(=O)CSc2n[nH]c(COc3ccccc3C)n2)cc1. The number of hydrogen-bond donors (Lipinski definition) is 1. The predicted molar refractivity (Wildman–Crippen MR) is 105 cm³/mol. The summed E-state index contributed by atoms with van der Waals surface area (Å²) >= 11 is 1.29. The van der Waals surface area contributed by atoms with Crippen LogP contribution in [0.3, 0.4) is 0 Å². The van der Waals surface area contributed by atoms with Crippen molar-refractivity contribution in [3.63, 3.8) is 0 Å². The molecule has 0 spiro atoms. The maximum absolute atomic E-state index is 12.3. The van der Waals surface area contributed by atoms with Crippen LogP contribution in [0.25, 0.3) is 0 Å². The molecule has 0 bridgehead atoms. The second kappa shape index (κ2) is 9.23. The highest BCUT2D eigenvalue weighted by Crippen LogP contribution is 2.19. The summed E-state index contributed by atoms with van der Waals surface area (Å²) in [7, 11) is 0. The number of nitrogens with zero attached hydrogens (tertiary/aromatic N) is 2. The van der Waals surface area contributed by atoms with Crippen LogP contribution in [-0.2, 0) is 6.61 Å². The number of carbonyl (C=O) groups is 1. The molecule has 7 heteroatoms. The van der Waals surface area contributed by atoms with Crippen LogP contribution in [0.15, 0.2) is 53.7 Å². The molecular weight excluding hydrogens is 362 g/mol. The fourth-order valence-electron chi connectivity index (χ4n) is 2.39. The van der Waals surface area contributed by atoms with E-state index in [0.29, 0.717) is 29.8 Å². The van der Waals surface area contributed by atoms with Gasteiger partial charge in [-0.1, -0.05) is 30.0 Å². The van der Waals surface area contributed by atoms with Gasteiger partial charge in [0.25, 0.3) is 0 Å². The van der Waals surface area contributed by atoms with Crippen LogP contribution in [0.2, 0.25) is 0 Å². The van der Waals surface area contributed by atoms with Crippen LogP contribution >= 0.6 is 11.8 Å². The van der Waals surface area contributed by atoms with Crippen molar-refractivity contribution >= 4 is 17.5 Å². The number of nitrogens with one attached hydrogen (secondary N) is 1. The summed E-state index contributed by atoms with van der Waals surface area (Å²) in [4.78, 5) is 16.6. The van der Waals surface area contributed by atoms with Crippen molar-refractivity contribution in [2.75, 3.05) is 12.4 Å². The summed E-state index contributed by atoms with van der Waals surface area (Å²) in [5.41, 5.74) is 1.71. The quantitative estimate of drug-likeness (QED) is 0.443. The van der Waals surface area contributed by atoms with Crippen LogP contribution in [0.4, 0.5) is 0 Å². The number of aryl methyl sites for hydroxylation is 1. The fraction of sp³-hybridized carbons (Fsp3) is 0.250. The van der Waals surface area contributed by atoms with Crippen LogP contribution in [0, 0.1) is 6.92 Å². The Balaban J connectivity index is 1.50. The number of para-hydroxylation sites is 1. The van der Waals surface area contributed by atoms with E-state index in [4.69, 9.17) is 9.47 Å². The third-order valence-corrected chi connectivity index (χ3v) is 4.64. The number of ether oxygens (including phenoxy) is 2. The summed E-state index contributed by atoms with van der Waals surface area (Å²) in [6, 6.07) is 14.9. The molecule has 6 nitrogen and oxygen atoms in total. The van der Waals surface area contributed by atoms with E-state index in [0.717, 1.165) is 17.1 Å². The standard InChI is InChI=1S/C20H21N3O3S/c1-3-25-16-10-8-15(9-11-16)17(24)13-27-20-21-19(22-23-20)12-26-18-7-5-4-6-14(18)2/h4-11H,3,12-13H2,1-2H3,(H,21,22,23). The van der Waals surface area contributed by atoms with Gasteiger partial charge in [0.05, 0.1) is 12.4 Å². The highest BCUT2D eigenvalue weighted by Gasteiger charge is 2.11. The zero-order valence-electron chi connectivity index (χ0n) is 15.3. The van der Waals surface area contributed by atoms with E-state index >= 15 is 0 Å². The summed E-state index contributed by atoms with van der Waals surface area (Å²) in [6.45, 7) is 4.81. The van der Waals surface area contributed by atoms with Crippen LogP contribution < -0.4 is 9.47 Å². The first-order valence-electron chi connectivity index (χ1n) is 8.64. The van der Waals surface area contributed by atoms with Crippen molar-refractivity contribution in [2.24, 2.45) is 0 Å². The first kappa shape index (κ1) is 19.0. The molecule has 0 saturated heterocycles. The van der Waals surface area contributed by atoms with E-state index < -0.39 is 0 Å². The average molecular weight is 383 g/mol. The van der Waals surface area contributed by atoms with E-state index in [1.54, 1.807) is 24.3 Å². The molecule has 3 rings (SSSR count). The van der Waals surface area contributed by atoms with E-state index in [2.05, 4.69) is 15.2 Å². The molecule has 0 unspecified atom stereocenters. The Bertz CT molecular complexity index is 893. The molecule has 3 aromatic rings. The molecule has 0 amide bonds. The van der Waals surface area contributed by atoms with Gasteiger partial charge in [-0.2, -0.15) is 0 Å². The Labute approximate surface area is 162 Å². The van der Waals surface area contributed by atoms with Gasteiger partial charge >= 0.3 is 0 Å². The molecule has 0 fully saturated rings. The molecule has 0 aliphatic rings. The van der Waals surface area contributed by atoms with Crippen molar-refractivity contribution in [1.29, 1.82) is 0 Å². The molecule has 1 aromatic heterocycles. The third kappa shape index (κ3) is 5.34. The number of rotatable bonds is 9. The summed E-state index contributed by atoms with van der Waals surface area (Å²) < 4.78 is 11.1. The number of aromatic nitrogens is 3. The molecule has 0 radical (unpaired) electrons. The lowest BCUT2D eigenvalue weighted by molar-refractivity contribution is 0.102. The maximum atomic E-state index is 12.3. The smallest absolute Gasteiger partial charge is 0.208 e. The minimum atomic E-state index is 0.0190. The minimum absolute atomic E-state index is 0.0190. The summed E-state index contributed by atoms with van der Waals surface area (Å²) in [6.07, 6.45) is 0. The summed E-state index contributed by atoms with van der Waals surface area (Å²) in [5, 5.41) is 7.50. The Kier molecular flexibility index (Phi) is 6.49. The van der Waals surface area contributed by atoms with Crippen molar-refractivity contribution in [3.8, 4) is 11.5 Å². The Morgan fingerprint density at radius 2 is 1.89 bits per heavy atom. The minimum Gasteiger partial charge on any atom is -0.494 e. The first-order valence-corrected chi connectivity index (χ1v) is 9.63. The Hall–Kier alpha value is -2.80. The molecular formula is C20H21N3O3S. The molecule has 0 atom stereocenters. The van der Waals surface area contributed by atoms with Crippen molar-refractivity contribution in [1.82, 2.24) is 15.2 Å². The monoisotopic (exact) mass is 383 g/mol. The molecule has 0 aliphatic heterocycles. The van der Waals surface area contributed by atoms with Gasteiger partial charge in [-0.05, 0) is 49.7 Å². The number of hydrogen-bond acceptors (Lipinski definition) is 6. The largest absolute Gasteiger partial charge is 0.494 e. The molecule has 0 aliphatic carbocycles. The highest BCUT2D eigenvalue weighted by atomic mass is 32.2. The molecule has 1 heterocycles. The first-order chi connectivity index (χ1) is 13.2. The second-order valence-corrected chi connectivity index (χ2v) is 6.73. The average Bonchev–Trinajstić information content (AvgIpc) is 3.14.